The quantitative estimate of drug-likeness (QED) is 0.571. The molecule has 1 unspecified atom stereocenters. The van der Waals surface area contributed by atoms with Crippen LogP contribution in [0.5, 0.6) is 0 Å². The van der Waals surface area contributed by atoms with Gasteiger partial charge in [0, 0.05) is 19.7 Å². The second-order valence-electron chi connectivity index (χ2n) is 4.04. The summed E-state index contributed by atoms with van der Waals surface area (Å²) in [5.74, 6) is -0.984. The van der Waals surface area contributed by atoms with Crippen LogP contribution in [0, 0.1) is 0 Å². The first kappa shape index (κ1) is 17.3. The molecule has 0 aliphatic heterocycles. The van der Waals surface area contributed by atoms with Gasteiger partial charge in [0.25, 0.3) is 0 Å². The molecule has 0 aliphatic rings. The van der Waals surface area contributed by atoms with Crippen LogP contribution in [0.25, 0.3) is 0 Å². The largest absolute Gasteiger partial charge is 0.377 e. The van der Waals surface area contributed by atoms with E-state index in [1.54, 1.807) is 0 Å². The lowest BCUT2D eigenvalue weighted by Gasteiger charge is -2.14. The van der Waals surface area contributed by atoms with Crippen LogP contribution >= 0.6 is 0 Å². The number of amides is 1. The number of hydrogen-bond donors (Lipinski definition) is 2. The minimum atomic E-state index is -3.38. The number of sulfone groups is 1. The van der Waals surface area contributed by atoms with Crippen LogP contribution < -0.4 is 11.1 Å². The summed E-state index contributed by atoms with van der Waals surface area (Å²) in [6.07, 6.45) is 0.850. The molecule has 0 radical (unpaired) electrons. The van der Waals surface area contributed by atoms with E-state index < -0.39 is 21.5 Å². The molecule has 0 aromatic heterocycles. The Labute approximate surface area is 109 Å². The van der Waals surface area contributed by atoms with Crippen molar-refractivity contribution in [3.8, 4) is 0 Å². The molecule has 0 aromatic carbocycles. The number of carbonyl (C=O) groups is 1. The van der Waals surface area contributed by atoms with Gasteiger partial charge in [0.1, 0.15) is 5.75 Å². The van der Waals surface area contributed by atoms with E-state index in [4.69, 9.17) is 10.5 Å². The number of nitrogens with one attached hydrogen (secondary N) is 1. The lowest BCUT2D eigenvalue weighted by atomic mass is 10.3. The van der Waals surface area contributed by atoms with E-state index in [1.807, 2.05) is 13.8 Å². The normalized spacial score (nSPS) is 13.3. The molecule has 0 bridgehead atoms. The van der Waals surface area contributed by atoms with Crippen LogP contribution in [-0.4, -0.2) is 51.6 Å². The molecule has 3 N–H and O–H groups in total. The van der Waals surface area contributed by atoms with Crippen LogP contribution in [0.3, 0.4) is 0 Å². The first-order valence-corrected chi connectivity index (χ1v) is 8.06. The monoisotopic (exact) mass is 280 g/mol. The third-order valence-corrected chi connectivity index (χ3v) is 3.90. The molecule has 0 heterocycles. The van der Waals surface area contributed by atoms with E-state index in [1.165, 1.54) is 0 Å². The highest BCUT2D eigenvalue weighted by molar-refractivity contribution is 7.92. The molecule has 7 heteroatoms. The van der Waals surface area contributed by atoms with Crippen molar-refractivity contribution in [2.45, 2.75) is 32.8 Å². The molecule has 18 heavy (non-hydrogen) atoms. The third kappa shape index (κ3) is 8.43. The molecule has 1 amide bonds. The van der Waals surface area contributed by atoms with E-state index >= 15 is 0 Å². The van der Waals surface area contributed by atoms with E-state index in [0.717, 1.165) is 6.42 Å². The van der Waals surface area contributed by atoms with Gasteiger partial charge in [-0.05, 0) is 19.8 Å². The maximum atomic E-state index is 11.7. The van der Waals surface area contributed by atoms with Gasteiger partial charge in [-0.3, -0.25) is 4.79 Å². The van der Waals surface area contributed by atoms with Gasteiger partial charge in [0.05, 0.1) is 11.9 Å². The van der Waals surface area contributed by atoms with Gasteiger partial charge in [-0.1, -0.05) is 6.92 Å². The predicted octanol–water partition coefficient (Wildman–Crippen LogP) is -0.319. The van der Waals surface area contributed by atoms with Crippen molar-refractivity contribution in [1.29, 1.82) is 0 Å². The van der Waals surface area contributed by atoms with Crippen LogP contribution in [0.1, 0.15) is 26.7 Å². The Morgan fingerprint density at radius 2 is 2.06 bits per heavy atom. The fraction of sp³-hybridized carbons (Fsp3) is 0.909. The van der Waals surface area contributed by atoms with Gasteiger partial charge < -0.3 is 15.8 Å². The summed E-state index contributed by atoms with van der Waals surface area (Å²) in [5, 5.41) is 2.54. The van der Waals surface area contributed by atoms with E-state index in [0.29, 0.717) is 19.6 Å². The average molecular weight is 280 g/mol. The summed E-state index contributed by atoms with van der Waals surface area (Å²) in [6.45, 7) is 5.01. The SMILES string of the molecule is CCCNC(=O)CS(=O)(=O)CCC(CN)OCC. The predicted molar refractivity (Wildman–Crippen MR) is 71.0 cm³/mol. The Morgan fingerprint density at radius 3 is 2.56 bits per heavy atom. The third-order valence-electron chi connectivity index (χ3n) is 2.34. The number of carbonyl (C=O) groups excluding carboxylic acids is 1. The zero-order valence-corrected chi connectivity index (χ0v) is 12.0. The van der Waals surface area contributed by atoms with Crippen LogP contribution in [0.4, 0.5) is 0 Å². The lowest BCUT2D eigenvalue weighted by molar-refractivity contribution is -0.118. The molecule has 0 rings (SSSR count). The highest BCUT2D eigenvalue weighted by Crippen LogP contribution is 2.02. The fourth-order valence-corrected chi connectivity index (χ4v) is 2.67. The second kappa shape index (κ2) is 9.29. The number of rotatable bonds is 10. The van der Waals surface area contributed by atoms with Crippen molar-refractivity contribution >= 4 is 15.7 Å². The summed E-state index contributed by atoms with van der Waals surface area (Å²) >= 11 is 0. The van der Waals surface area contributed by atoms with Gasteiger partial charge in [-0.15, -0.1) is 0 Å². The van der Waals surface area contributed by atoms with Crippen LogP contribution in [0.15, 0.2) is 0 Å². The fourth-order valence-electron chi connectivity index (χ4n) is 1.40. The Hall–Kier alpha value is -0.660. The van der Waals surface area contributed by atoms with Crippen molar-refractivity contribution < 1.29 is 17.9 Å². The molecule has 0 fully saturated rings. The standard InChI is InChI=1S/C11H24N2O4S/c1-3-6-13-11(14)9-18(15,16)7-5-10(8-12)17-4-2/h10H,3-9,12H2,1-2H3,(H,13,14). The van der Waals surface area contributed by atoms with Crippen molar-refractivity contribution in [3.05, 3.63) is 0 Å². The maximum Gasteiger partial charge on any atom is 0.235 e. The van der Waals surface area contributed by atoms with Gasteiger partial charge in [0.2, 0.25) is 5.91 Å². The van der Waals surface area contributed by atoms with E-state index in [9.17, 15) is 13.2 Å². The molecule has 0 saturated carbocycles. The molecule has 0 aromatic rings. The molecular formula is C11H24N2O4S. The topological polar surface area (TPSA) is 98.5 Å². The van der Waals surface area contributed by atoms with Crippen molar-refractivity contribution in [3.63, 3.8) is 0 Å². The molecular weight excluding hydrogens is 256 g/mol. The van der Waals surface area contributed by atoms with Gasteiger partial charge >= 0.3 is 0 Å². The Balaban J connectivity index is 4.10. The summed E-state index contributed by atoms with van der Waals surface area (Å²) in [5.41, 5.74) is 5.46. The number of hydrogen-bond acceptors (Lipinski definition) is 5. The molecule has 0 saturated heterocycles. The van der Waals surface area contributed by atoms with Crippen LogP contribution in [0.2, 0.25) is 0 Å². The molecule has 6 nitrogen and oxygen atoms in total. The Bertz CT molecular complexity index is 330. The summed E-state index contributed by atoms with van der Waals surface area (Å²) in [6, 6.07) is 0. The van der Waals surface area contributed by atoms with Crippen molar-refractivity contribution in [2.24, 2.45) is 5.73 Å². The summed E-state index contributed by atoms with van der Waals surface area (Å²) in [7, 11) is -3.38. The highest BCUT2D eigenvalue weighted by Gasteiger charge is 2.18. The second-order valence-corrected chi connectivity index (χ2v) is 6.23. The Kier molecular flexibility index (Phi) is 8.95. The molecule has 108 valence electrons. The average Bonchev–Trinajstić information content (AvgIpc) is 2.31. The highest BCUT2D eigenvalue weighted by atomic mass is 32.2. The van der Waals surface area contributed by atoms with E-state index in [2.05, 4.69) is 5.32 Å². The zero-order chi connectivity index (χ0) is 14.0. The molecule has 1 atom stereocenters. The number of ether oxygens (including phenoxy) is 1. The van der Waals surface area contributed by atoms with Crippen molar-refractivity contribution in [2.75, 3.05) is 31.2 Å². The lowest BCUT2D eigenvalue weighted by Crippen LogP contribution is -2.33. The summed E-state index contributed by atoms with van der Waals surface area (Å²) in [4.78, 5) is 11.3. The minimum absolute atomic E-state index is 0.0750. The number of nitrogens with two attached hydrogens (primary N) is 1. The minimum Gasteiger partial charge on any atom is -0.377 e. The van der Waals surface area contributed by atoms with Gasteiger partial charge in [0.15, 0.2) is 9.84 Å². The van der Waals surface area contributed by atoms with Crippen molar-refractivity contribution in [1.82, 2.24) is 5.32 Å². The molecule has 0 aliphatic carbocycles. The van der Waals surface area contributed by atoms with E-state index in [-0.39, 0.29) is 18.4 Å². The van der Waals surface area contributed by atoms with Crippen LogP contribution in [-0.2, 0) is 19.4 Å². The van der Waals surface area contributed by atoms with Gasteiger partial charge in [-0.2, -0.15) is 0 Å². The maximum absolute atomic E-state index is 11.7. The zero-order valence-electron chi connectivity index (χ0n) is 11.1. The molecule has 0 spiro atoms. The first-order valence-electron chi connectivity index (χ1n) is 6.24. The van der Waals surface area contributed by atoms with Gasteiger partial charge in [-0.25, -0.2) is 8.42 Å². The summed E-state index contributed by atoms with van der Waals surface area (Å²) < 4.78 is 28.6. The Morgan fingerprint density at radius 1 is 1.39 bits per heavy atom. The smallest absolute Gasteiger partial charge is 0.235 e. The first-order chi connectivity index (χ1) is 8.45.